The van der Waals surface area contributed by atoms with Gasteiger partial charge in [-0.05, 0) is 69.0 Å². The standard InChI is InChI=1S/C27H34N4O2/c1-20-16-30(17-21(2)33-20)18-23-11-13-24(14-12-23)27(32)28-15-7-8-25-19-31(29-22(25)3)26-9-5-4-6-10-26/h4-6,9-14,19-21H,7-8,15-18H2,1-3H3,(H,28,32). The van der Waals surface area contributed by atoms with E-state index >= 15 is 0 Å². The van der Waals surface area contributed by atoms with Gasteiger partial charge in [0.25, 0.3) is 5.91 Å². The summed E-state index contributed by atoms with van der Waals surface area (Å²) in [6.45, 7) is 9.68. The van der Waals surface area contributed by atoms with E-state index < -0.39 is 0 Å². The van der Waals surface area contributed by atoms with Crippen molar-refractivity contribution < 1.29 is 9.53 Å². The van der Waals surface area contributed by atoms with E-state index in [4.69, 9.17) is 4.74 Å². The van der Waals surface area contributed by atoms with Gasteiger partial charge in [-0.15, -0.1) is 0 Å². The van der Waals surface area contributed by atoms with Crippen molar-refractivity contribution in [3.63, 3.8) is 0 Å². The Hall–Kier alpha value is -2.96. The highest BCUT2D eigenvalue weighted by molar-refractivity contribution is 5.94. The van der Waals surface area contributed by atoms with Gasteiger partial charge in [0, 0.05) is 37.9 Å². The number of hydrogen-bond acceptors (Lipinski definition) is 4. The second-order valence-electron chi connectivity index (χ2n) is 9.03. The van der Waals surface area contributed by atoms with Gasteiger partial charge in [0.15, 0.2) is 0 Å². The number of rotatable bonds is 8. The predicted molar refractivity (Wildman–Crippen MR) is 131 cm³/mol. The van der Waals surface area contributed by atoms with Crippen LogP contribution in [0.2, 0.25) is 0 Å². The van der Waals surface area contributed by atoms with Crippen molar-refractivity contribution in [1.82, 2.24) is 20.0 Å². The first kappa shape index (κ1) is 23.2. The number of carbonyl (C=O) groups excluding carboxylic acids is 1. The zero-order valence-corrected chi connectivity index (χ0v) is 19.8. The summed E-state index contributed by atoms with van der Waals surface area (Å²) < 4.78 is 7.73. The molecule has 2 atom stereocenters. The molecule has 0 radical (unpaired) electrons. The number of para-hydroxylation sites is 1. The molecule has 4 rings (SSSR count). The summed E-state index contributed by atoms with van der Waals surface area (Å²) in [7, 11) is 0. The summed E-state index contributed by atoms with van der Waals surface area (Å²) >= 11 is 0. The topological polar surface area (TPSA) is 59.4 Å². The first-order chi connectivity index (χ1) is 16.0. The number of aromatic nitrogens is 2. The Kier molecular flexibility index (Phi) is 7.57. The minimum absolute atomic E-state index is 0.0214. The zero-order chi connectivity index (χ0) is 23.2. The molecular weight excluding hydrogens is 412 g/mol. The predicted octanol–water partition coefficient (Wildman–Crippen LogP) is 4.15. The van der Waals surface area contributed by atoms with Crippen molar-refractivity contribution in [2.45, 2.75) is 52.4 Å². The van der Waals surface area contributed by atoms with Crippen LogP contribution in [-0.4, -0.2) is 52.4 Å². The molecule has 174 valence electrons. The second kappa shape index (κ2) is 10.8. The van der Waals surface area contributed by atoms with Gasteiger partial charge in [0.1, 0.15) is 0 Å². The molecule has 0 saturated carbocycles. The van der Waals surface area contributed by atoms with Crippen LogP contribution in [0.25, 0.3) is 5.69 Å². The molecule has 0 aliphatic carbocycles. The molecule has 6 heteroatoms. The lowest BCUT2D eigenvalue weighted by atomic mass is 10.1. The van der Waals surface area contributed by atoms with Gasteiger partial charge < -0.3 is 10.1 Å². The summed E-state index contributed by atoms with van der Waals surface area (Å²) in [4.78, 5) is 15.0. The smallest absolute Gasteiger partial charge is 0.251 e. The van der Waals surface area contributed by atoms with Gasteiger partial charge in [-0.25, -0.2) is 4.68 Å². The molecule has 1 aliphatic heterocycles. The molecule has 1 amide bonds. The van der Waals surface area contributed by atoms with Crippen molar-refractivity contribution in [1.29, 1.82) is 0 Å². The molecule has 2 unspecified atom stereocenters. The SMILES string of the molecule is Cc1nn(-c2ccccc2)cc1CCCNC(=O)c1ccc(CN2CC(C)OC(C)C2)cc1. The summed E-state index contributed by atoms with van der Waals surface area (Å²) in [5.74, 6) is -0.0214. The van der Waals surface area contributed by atoms with Crippen LogP contribution in [-0.2, 0) is 17.7 Å². The molecule has 6 nitrogen and oxygen atoms in total. The van der Waals surface area contributed by atoms with Crippen molar-refractivity contribution in [2.24, 2.45) is 0 Å². The van der Waals surface area contributed by atoms with Crippen LogP contribution < -0.4 is 5.32 Å². The minimum atomic E-state index is -0.0214. The van der Waals surface area contributed by atoms with Crippen LogP contribution in [0.4, 0.5) is 0 Å². The minimum Gasteiger partial charge on any atom is -0.373 e. The Bertz CT molecular complexity index is 1040. The Balaban J connectivity index is 1.23. The molecule has 1 N–H and O–H groups in total. The number of nitrogens with one attached hydrogen (secondary N) is 1. The lowest BCUT2D eigenvalue weighted by Gasteiger charge is -2.35. The number of carbonyl (C=O) groups is 1. The summed E-state index contributed by atoms with van der Waals surface area (Å²) in [6.07, 6.45) is 4.36. The first-order valence-electron chi connectivity index (χ1n) is 11.8. The normalized spacial score (nSPS) is 18.9. The molecular formula is C27H34N4O2. The largest absolute Gasteiger partial charge is 0.373 e. The quantitative estimate of drug-likeness (QED) is 0.528. The Morgan fingerprint density at radius 3 is 2.45 bits per heavy atom. The number of ether oxygens (including phenoxy) is 1. The molecule has 0 bridgehead atoms. The van der Waals surface area contributed by atoms with Crippen LogP contribution in [0.3, 0.4) is 0 Å². The van der Waals surface area contributed by atoms with Crippen molar-refractivity contribution in [3.05, 3.63) is 83.2 Å². The van der Waals surface area contributed by atoms with Gasteiger partial charge in [0.05, 0.1) is 23.6 Å². The second-order valence-corrected chi connectivity index (χ2v) is 9.03. The highest BCUT2D eigenvalue weighted by Gasteiger charge is 2.22. The number of nitrogens with zero attached hydrogens (tertiary/aromatic N) is 3. The third-order valence-electron chi connectivity index (χ3n) is 6.05. The fourth-order valence-corrected chi connectivity index (χ4v) is 4.47. The third kappa shape index (κ3) is 6.30. The number of aryl methyl sites for hydroxylation is 2. The Labute approximate surface area is 196 Å². The zero-order valence-electron chi connectivity index (χ0n) is 19.8. The molecule has 0 spiro atoms. The van der Waals surface area contributed by atoms with Crippen molar-refractivity contribution >= 4 is 5.91 Å². The van der Waals surface area contributed by atoms with E-state index in [1.54, 1.807) is 0 Å². The Morgan fingerprint density at radius 2 is 1.76 bits per heavy atom. The molecule has 1 aliphatic rings. The molecule has 2 heterocycles. The van der Waals surface area contributed by atoms with Crippen LogP contribution in [0.15, 0.2) is 60.8 Å². The average Bonchev–Trinajstić information content (AvgIpc) is 3.17. The number of morpholine rings is 1. The fraction of sp³-hybridized carbons (Fsp3) is 0.407. The Morgan fingerprint density at radius 1 is 1.06 bits per heavy atom. The van der Waals surface area contributed by atoms with Gasteiger partial charge in [-0.3, -0.25) is 9.69 Å². The first-order valence-corrected chi connectivity index (χ1v) is 11.8. The van der Waals surface area contributed by atoms with E-state index in [0.29, 0.717) is 12.1 Å². The van der Waals surface area contributed by atoms with Gasteiger partial charge >= 0.3 is 0 Å². The van der Waals surface area contributed by atoms with E-state index in [9.17, 15) is 4.79 Å². The van der Waals surface area contributed by atoms with Crippen LogP contribution in [0.1, 0.15) is 47.4 Å². The van der Waals surface area contributed by atoms with E-state index in [-0.39, 0.29) is 18.1 Å². The number of benzene rings is 2. The van der Waals surface area contributed by atoms with Crippen LogP contribution in [0.5, 0.6) is 0 Å². The van der Waals surface area contributed by atoms with Crippen molar-refractivity contribution in [2.75, 3.05) is 19.6 Å². The van der Waals surface area contributed by atoms with Gasteiger partial charge in [-0.2, -0.15) is 5.10 Å². The number of amides is 1. The molecule has 33 heavy (non-hydrogen) atoms. The maximum Gasteiger partial charge on any atom is 0.251 e. The maximum atomic E-state index is 12.5. The van der Waals surface area contributed by atoms with Gasteiger partial charge in [-0.1, -0.05) is 30.3 Å². The highest BCUT2D eigenvalue weighted by Crippen LogP contribution is 2.15. The van der Waals surface area contributed by atoms with Crippen molar-refractivity contribution in [3.8, 4) is 5.69 Å². The third-order valence-corrected chi connectivity index (χ3v) is 6.05. The van der Waals surface area contributed by atoms with Crippen LogP contribution in [0, 0.1) is 6.92 Å². The van der Waals surface area contributed by atoms with E-state index in [0.717, 1.165) is 43.9 Å². The average molecular weight is 447 g/mol. The number of hydrogen-bond donors (Lipinski definition) is 1. The summed E-state index contributed by atoms with van der Waals surface area (Å²) in [5, 5.41) is 7.67. The van der Waals surface area contributed by atoms with E-state index in [1.165, 1.54) is 11.1 Å². The summed E-state index contributed by atoms with van der Waals surface area (Å²) in [6, 6.07) is 18.1. The fourth-order valence-electron chi connectivity index (χ4n) is 4.47. The molecule has 3 aromatic rings. The lowest BCUT2D eigenvalue weighted by Crippen LogP contribution is -2.44. The molecule has 1 saturated heterocycles. The maximum absolute atomic E-state index is 12.5. The monoisotopic (exact) mass is 446 g/mol. The highest BCUT2D eigenvalue weighted by atomic mass is 16.5. The van der Waals surface area contributed by atoms with Crippen LogP contribution >= 0.6 is 0 Å². The van der Waals surface area contributed by atoms with E-state index in [2.05, 4.69) is 47.5 Å². The van der Waals surface area contributed by atoms with Gasteiger partial charge in [0.2, 0.25) is 0 Å². The molecule has 2 aromatic carbocycles. The molecule has 1 aromatic heterocycles. The van der Waals surface area contributed by atoms with E-state index in [1.807, 2.05) is 54.1 Å². The lowest BCUT2D eigenvalue weighted by molar-refractivity contribution is -0.0704. The molecule has 1 fully saturated rings. The summed E-state index contributed by atoms with van der Waals surface area (Å²) in [5.41, 5.74) is 5.23.